The van der Waals surface area contributed by atoms with E-state index in [1.54, 1.807) is 4.90 Å². The van der Waals surface area contributed by atoms with Gasteiger partial charge in [-0.3, -0.25) is 4.90 Å². The van der Waals surface area contributed by atoms with Gasteiger partial charge in [-0.25, -0.2) is 4.79 Å². The zero-order chi connectivity index (χ0) is 18.1. The van der Waals surface area contributed by atoms with E-state index in [4.69, 9.17) is 11.6 Å². The number of carbonyl (C=O) groups excluding carboxylic acids is 1. The summed E-state index contributed by atoms with van der Waals surface area (Å²) < 4.78 is 0. The largest absolute Gasteiger partial charge is 0.390 e. The highest BCUT2D eigenvalue weighted by Gasteiger charge is 2.38. The Hall–Kier alpha value is -1.34. The van der Waals surface area contributed by atoms with Crippen LogP contribution in [-0.4, -0.2) is 84.3 Å². The van der Waals surface area contributed by atoms with E-state index < -0.39 is 6.10 Å². The third kappa shape index (κ3) is 4.08. The summed E-state index contributed by atoms with van der Waals surface area (Å²) in [5.74, 6) is 0. The first kappa shape index (κ1) is 18.5. The predicted octanol–water partition coefficient (Wildman–Crippen LogP) is 1.78. The zero-order valence-electron chi connectivity index (χ0n) is 15.1. The highest BCUT2D eigenvalue weighted by atomic mass is 35.5. The normalized spacial score (nSPS) is 25.4. The highest BCUT2D eigenvalue weighted by molar-refractivity contribution is 6.30. The summed E-state index contributed by atoms with van der Waals surface area (Å²) >= 11 is 6.06. The molecule has 1 aromatic carbocycles. The van der Waals surface area contributed by atoms with Crippen molar-refractivity contribution in [1.29, 1.82) is 0 Å². The molecule has 3 rings (SSSR count). The third-order valence-electron chi connectivity index (χ3n) is 5.28. The Morgan fingerprint density at radius 2 is 1.76 bits per heavy atom. The van der Waals surface area contributed by atoms with Gasteiger partial charge < -0.3 is 20.2 Å². The Balaban J connectivity index is 1.64. The number of likely N-dealkylation sites (N-methyl/N-ethyl adjacent to an activating group) is 1. The lowest BCUT2D eigenvalue weighted by atomic mass is 10.1. The highest BCUT2D eigenvalue weighted by Crippen LogP contribution is 2.26. The molecule has 2 aliphatic rings. The van der Waals surface area contributed by atoms with Crippen LogP contribution in [0.4, 0.5) is 10.5 Å². The Kier molecular flexibility index (Phi) is 5.53. The first-order chi connectivity index (χ1) is 11.8. The average molecular weight is 367 g/mol. The van der Waals surface area contributed by atoms with Crippen LogP contribution in [0.5, 0.6) is 0 Å². The molecule has 0 saturated carbocycles. The molecule has 2 heterocycles. The molecule has 2 fully saturated rings. The maximum atomic E-state index is 12.7. The van der Waals surface area contributed by atoms with E-state index >= 15 is 0 Å². The van der Waals surface area contributed by atoms with E-state index in [2.05, 4.69) is 22.2 Å². The van der Waals surface area contributed by atoms with E-state index in [9.17, 15) is 9.90 Å². The van der Waals surface area contributed by atoms with Crippen molar-refractivity contribution >= 4 is 23.3 Å². The molecule has 138 valence electrons. The second-order valence-electron chi connectivity index (χ2n) is 7.22. The fourth-order valence-electron chi connectivity index (χ4n) is 3.74. The van der Waals surface area contributed by atoms with Gasteiger partial charge in [0, 0.05) is 43.4 Å². The molecule has 2 N–H and O–H groups in total. The van der Waals surface area contributed by atoms with Crippen LogP contribution in [0, 0.1) is 13.8 Å². The summed E-state index contributed by atoms with van der Waals surface area (Å²) in [4.78, 5) is 19.0. The molecular formula is C18H27ClN4O2. The average Bonchev–Trinajstić information content (AvgIpc) is 2.93. The molecule has 0 spiro atoms. The number of nitrogens with zero attached hydrogens (tertiary/aromatic N) is 3. The van der Waals surface area contributed by atoms with Crippen molar-refractivity contribution in [2.45, 2.75) is 26.0 Å². The van der Waals surface area contributed by atoms with Crippen molar-refractivity contribution in [3.8, 4) is 0 Å². The van der Waals surface area contributed by atoms with Gasteiger partial charge in [-0.05, 0) is 44.2 Å². The van der Waals surface area contributed by atoms with Crippen molar-refractivity contribution in [3.05, 3.63) is 28.3 Å². The molecule has 25 heavy (non-hydrogen) atoms. The number of urea groups is 1. The lowest BCUT2D eigenvalue weighted by Crippen LogP contribution is -2.52. The molecule has 7 heteroatoms. The number of halogens is 1. The van der Waals surface area contributed by atoms with E-state index in [1.807, 2.05) is 26.0 Å². The number of aryl methyl sites for hydroxylation is 2. The summed E-state index contributed by atoms with van der Waals surface area (Å²) in [5, 5.41) is 14.1. The van der Waals surface area contributed by atoms with Crippen LogP contribution >= 0.6 is 11.6 Å². The summed E-state index contributed by atoms with van der Waals surface area (Å²) in [7, 11) is 2.11. The SMILES string of the molecule is Cc1cc(Cl)cc(C)c1NC(=O)N1CC(O)C(N2CCN(C)CC2)C1. The molecule has 0 aliphatic carbocycles. The van der Waals surface area contributed by atoms with Gasteiger partial charge in [-0.1, -0.05) is 11.6 Å². The van der Waals surface area contributed by atoms with Crippen molar-refractivity contribution in [1.82, 2.24) is 14.7 Å². The van der Waals surface area contributed by atoms with Gasteiger partial charge in [0.2, 0.25) is 0 Å². The maximum Gasteiger partial charge on any atom is 0.322 e. The number of aliphatic hydroxyl groups excluding tert-OH is 1. The van der Waals surface area contributed by atoms with Gasteiger partial charge >= 0.3 is 6.03 Å². The van der Waals surface area contributed by atoms with Crippen LogP contribution in [0.1, 0.15) is 11.1 Å². The number of hydrogen-bond donors (Lipinski definition) is 2. The van der Waals surface area contributed by atoms with Gasteiger partial charge in [0.25, 0.3) is 0 Å². The first-order valence-corrected chi connectivity index (χ1v) is 9.16. The molecule has 2 atom stereocenters. The third-order valence-corrected chi connectivity index (χ3v) is 5.50. The first-order valence-electron chi connectivity index (χ1n) is 8.78. The fourth-order valence-corrected chi connectivity index (χ4v) is 4.07. The van der Waals surface area contributed by atoms with Crippen LogP contribution in [0.15, 0.2) is 12.1 Å². The van der Waals surface area contributed by atoms with Gasteiger partial charge in [0.05, 0.1) is 18.7 Å². The maximum absolute atomic E-state index is 12.7. The van der Waals surface area contributed by atoms with Gasteiger partial charge in [-0.15, -0.1) is 0 Å². The summed E-state index contributed by atoms with van der Waals surface area (Å²) in [6.07, 6.45) is -0.499. The van der Waals surface area contributed by atoms with Crippen molar-refractivity contribution in [2.75, 3.05) is 51.6 Å². The summed E-state index contributed by atoms with van der Waals surface area (Å²) in [6, 6.07) is 3.54. The van der Waals surface area contributed by atoms with Crippen molar-refractivity contribution in [3.63, 3.8) is 0 Å². The topological polar surface area (TPSA) is 59.1 Å². The van der Waals surface area contributed by atoms with E-state index in [1.165, 1.54) is 0 Å². The van der Waals surface area contributed by atoms with Crippen molar-refractivity contribution in [2.24, 2.45) is 0 Å². The van der Waals surface area contributed by atoms with Crippen LogP contribution in [0.2, 0.25) is 5.02 Å². The number of carbonyl (C=O) groups is 1. The number of benzene rings is 1. The smallest absolute Gasteiger partial charge is 0.322 e. The number of rotatable bonds is 2. The quantitative estimate of drug-likeness (QED) is 0.837. The number of likely N-dealkylation sites (tertiary alicyclic amines) is 1. The number of anilines is 1. The minimum Gasteiger partial charge on any atom is -0.390 e. The van der Waals surface area contributed by atoms with Crippen molar-refractivity contribution < 1.29 is 9.90 Å². The Bertz CT molecular complexity index is 623. The molecule has 2 amide bonds. The van der Waals surface area contributed by atoms with Crippen LogP contribution < -0.4 is 5.32 Å². The summed E-state index contributed by atoms with van der Waals surface area (Å²) in [6.45, 7) is 8.65. The van der Waals surface area contributed by atoms with Gasteiger partial charge in [0.1, 0.15) is 0 Å². The Labute approximate surface area is 154 Å². The Morgan fingerprint density at radius 3 is 2.36 bits per heavy atom. The van der Waals surface area contributed by atoms with Crippen LogP contribution in [0.25, 0.3) is 0 Å². The number of β-amino-alcohol motifs (C(OH)–C–C–N with tert-alkyl or cyclic N) is 1. The molecule has 2 unspecified atom stereocenters. The number of piperazine rings is 1. The molecule has 1 aromatic rings. The lowest BCUT2D eigenvalue weighted by Gasteiger charge is -2.37. The molecule has 6 nitrogen and oxygen atoms in total. The van der Waals surface area contributed by atoms with E-state index in [-0.39, 0.29) is 12.1 Å². The summed E-state index contributed by atoms with van der Waals surface area (Å²) in [5.41, 5.74) is 2.68. The van der Waals surface area contributed by atoms with Gasteiger partial charge in [-0.2, -0.15) is 0 Å². The van der Waals surface area contributed by atoms with Crippen LogP contribution in [-0.2, 0) is 0 Å². The van der Waals surface area contributed by atoms with Gasteiger partial charge in [0.15, 0.2) is 0 Å². The molecule has 0 bridgehead atoms. The van der Waals surface area contributed by atoms with E-state index in [0.717, 1.165) is 43.0 Å². The minimum absolute atomic E-state index is 0.0202. The number of nitrogens with one attached hydrogen (secondary N) is 1. The monoisotopic (exact) mass is 366 g/mol. The van der Waals surface area contributed by atoms with Crippen LogP contribution in [0.3, 0.4) is 0 Å². The second-order valence-corrected chi connectivity index (χ2v) is 7.66. The molecule has 0 aromatic heterocycles. The minimum atomic E-state index is -0.499. The number of hydrogen-bond acceptors (Lipinski definition) is 4. The lowest BCUT2D eigenvalue weighted by molar-refractivity contribution is 0.0512. The fraction of sp³-hybridized carbons (Fsp3) is 0.611. The molecule has 2 saturated heterocycles. The molecule has 2 aliphatic heterocycles. The zero-order valence-corrected chi connectivity index (χ0v) is 15.9. The number of aliphatic hydroxyl groups is 1. The standard InChI is InChI=1S/C18H27ClN4O2/c1-12-8-14(19)9-13(2)17(12)20-18(25)23-10-15(16(24)11-23)22-6-4-21(3)5-7-22/h8-9,15-16,24H,4-7,10-11H2,1-3H3,(H,20,25). The second kappa shape index (κ2) is 7.50. The Morgan fingerprint density at radius 1 is 1.16 bits per heavy atom. The molecule has 0 radical (unpaired) electrons. The van der Waals surface area contributed by atoms with E-state index in [0.29, 0.717) is 18.1 Å². The number of amides is 2. The predicted molar refractivity (Wildman–Crippen MR) is 100 cm³/mol. The molecular weight excluding hydrogens is 340 g/mol.